The third-order valence-electron chi connectivity index (χ3n) is 3.14. The van der Waals surface area contributed by atoms with Gasteiger partial charge in [0.25, 0.3) is 0 Å². The van der Waals surface area contributed by atoms with Crippen molar-refractivity contribution in [3.05, 3.63) is 35.9 Å². The highest BCUT2D eigenvalue weighted by Gasteiger charge is 2.21. The highest BCUT2D eigenvalue weighted by atomic mass is 16.5. The zero-order chi connectivity index (χ0) is 14.3. The molecule has 0 aliphatic rings. The van der Waals surface area contributed by atoms with Crippen LogP contribution in [0.4, 0.5) is 0 Å². The third-order valence-corrected chi connectivity index (χ3v) is 3.14. The Labute approximate surface area is 115 Å². The number of aliphatic hydroxyl groups excluding tert-OH is 1. The summed E-state index contributed by atoms with van der Waals surface area (Å²) >= 11 is 0. The topological polar surface area (TPSA) is 49.8 Å². The van der Waals surface area contributed by atoms with Crippen molar-refractivity contribution in [2.45, 2.75) is 39.5 Å². The summed E-state index contributed by atoms with van der Waals surface area (Å²) in [5, 5.41) is 9.72. The smallest absolute Gasteiger partial charge is 0.320 e. The molecule has 0 heterocycles. The molecule has 2 unspecified atom stereocenters. The molecule has 0 amide bonds. The lowest BCUT2D eigenvalue weighted by molar-refractivity contribution is -0.145. The average molecular weight is 265 g/mol. The van der Waals surface area contributed by atoms with Gasteiger partial charge in [-0.1, -0.05) is 30.3 Å². The fraction of sp³-hybridized carbons (Fsp3) is 0.533. The normalized spacial score (nSPS) is 14.2. The lowest BCUT2D eigenvalue weighted by atomic mass is 10.1. The second kappa shape index (κ2) is 7.92. The van der Waals surface area contributed by atoms with Crippen molar-refractivity contribution in [3.8, 4) is 0 Å². The SMILES string of the molecule is CCOC(=O)CN(Cc1ccccc1)C(C)C(C)O. The molecule has 0 saturated heterocycles. The number of nitrogens with zero attached hydrogens (tertiary/aromatic N) is 1. The number of carbonyl (C=O) groups excluding carboxylic acids is 1. The number of esters is 1. The lowest BCUT2D eigenvalue weighted by Gasteiger charge is -2.30. The summed E-state index contributed by atoms with van der Waals surface area (Å²) in [5.74, 6) is -0.258. The van der Waals surface area contributed by atoms with Crippen molar-refractivity contribution in [1.82, 2.24) is 4.90 Å². The molecule has 1 aromatic rings. The van der Waals surface area contributed by atoms with E-state index >= 15 is 0 Å². The monoisotopic (exact) mass is 265 g/mol. The summed E-state index contributed by atoms with van der Waals surface area (Å²) in [6.07, 6.45) is -0.502. The highest BCUT2D eigenvalue weighted by molar-refractivity contribution is 5.71. The number of rotatable bonds is 7. The maximum absolute atomic E-state index is 11.6. The third kappa shape index (κ3) is 5.41. The van der Waals surface area contributed by atoms with E-state index in [9.17, 15) is 9.90 Å². The van der Waals surface area contributed by atoms with E-state index in [1.807, 2.05) is 42.2 Å². The first kappa shape index (κ1) is 15.7. The van der Waals surface area contributed by atoms with Crippen LogP contribution in [0.25, 0.3) is 0 Å². The van der Waals surface area contributed by atoms with Crippen LogP contribution >= 0.6 is 0 Å². The van der Waals surface area contributed by atoms with Crippen molar-refractivity contribution in [3.63, 3.8) is 0 Å². The van der Waals surface area contributed by atoms with Gasteiger partial charge in [-0.15, -0.1) is 0 Å². The minimum Gasteiger partial charge on any atom is -0.465 e. The number of aliphatic hydroxyl groups is 1. The maximum atomic E-state index is 11.6. The molecular formula is C15H23NO3. The molecule has 4 nitrogen and oxygen atoms in total. The Kier molecular flexibility index (Phi) is 6.53. The Morgan fingerprint density at radius 1 is 1.32 bits per heavy atom. The molecule has 0 saturated carbocycles. The molecule has 1 N–H and O–H groups in total. The van der Waals surface area contributed by atoms with Crippen molar-refractivity contribution >= 4 is 5.97 Å². The minimum atomic E-state index is -0.502. The molecule has 0 bridgehead atoms. The largest absolute Gasteiger partial charge is 0.465 e. The van der Waals surface area contributed by atoms with E-state index in [1.165, 1.54) is 0 Å². The molecule has 0 radical (unpaired) electrons. The maximum Gasteiger partial charge on any atom is 0.320 e. The van der Waals surface area contributed by atoms with E-state index in [0.29, 0.717) is 13.2 Å². The minimum absolute atomic E-state index is 0.107. The molecule has 0 aliphatic heterocycles. The molecule has 1 rings (SSSR count). The van der Waals surface area contributed by atoms with E-state index in [2.05, 4.69) is 0 Å². The fourth-order valence-corrected chi connectivity index (χ4v) is 1.84. The molecule has 2 atom stereocenters. The Morgan fingerprint density at radius 3 is 2.47 bits per heavy atom. The molecular weight excluding hydrogens is 242 g/mol. The van der Waals surface area contributed by atoms with Crippen LogP contribution in [-0.2, 0) is 16.1 Å². The Bertz CT molecular complexity index is 378. The Morgan fingerprint density at radius 2 is 1.95 bits per heavy atom. The van der Waals surface area contributed by atoms with Crippen LogP contribution in [0.15, 0.2) is 30.3 Å². The number of benzene rings is 1. The summed E-state index contributed by atoms with van der Waals surface area (Å²) in [6, 6.07) is 9.79. The van der Waals surface area contributed by atoms with Gasteiger partial charge in [0.15, 0.2) is 0 Å². The predicted molar refractivity (Wildman–Crippen MR) is 74.6 cm³/mol. The van der Waals surface area contributed by atoms with Gasteiger partial charge in [-0.25, -0.2) is 0 Å². The first-order chi connectivity index (χ1) is 9.04. The van der Waals surface area contributed by atoms with Gasteiger partial charge in [0, 0.05) is 12.6 Å². The Hall–Kier alpha value is -1.39. The van der Waals surface area contributed by atoms with Crippen molar-refractivity contribution in [2.24, 2.45) is 0 Å². The lowest BCUT2D eigenvalue weighted by Crippen LogP contribution is -2.43. The summed E-state index contributed by atoms with van der Waals surface area (Å²) in [7, 11) is 0. The first-order valence-corrected chi connectivity index (χ1v) is 6.66. The van der Waals surface area contributed by atoms with E-state index in [1.54, 1.807) is 13.8 Å². The summed E-state index contributed by atoms with van der Waals surface area (Å²) in [5.41, 5.74) is 1.11. The van der Waals surface area contributed by atoms with Crippen LogP contribution in [0.2, 0.25) is 0 Å². The zero-order valence-corrected chi connectivity index (χ0v) is 11.9. The van der Waals surface area contributed by atoms with Crippen LogP contribution in [-0.4, -0.2) is 41.3 Å². The van der Waals surface area contributed by atoms with E-state index < -0.39 is 6.10 Å². The van der Waals surface area contributed by atoms with E-state index in [0.717, 1.165) is 5.56 Å². The summed E-state index contributed by atoms with van der Waals surface area (Å²) in [6.45, 7) is 6.61. The molecule has 0 fully saturated rings. The van der Waals surface area contributed by atoms with Gasteiger partial charge >= 0.3 is 5.97 Å². The second-order valence-corrected chi connectivity index (χ2v) is 4.68. The summed E-state index contributed by atoms with van der Waals surface area (Å²) < 4.78 is 4.98. The predicted octanol–water partition coefficient (Wildman–Crippen LogP) is 1.82. The van der Waals surface area contributed by atoms with Crippen molar-refractivity contribution in [2.75, 3.05) is 13.2 Å². The van der Waals surface area contributed by atoms with Crippen LogP contribution in [0.3, 0.4) is 0 Å². The van der Waals surface area contributed by atoms with Crippen molar-refractivity contribution in [1.29, 1.82) is 0 Å². The average Bonchev–Trinajstić information content (AvgIpc) is 2.38. The van der Waals surface area contributed by atoms with E-state index in [-0.39, 0.29) is 18.6 Å². The molecule has 0 spiro atoms. The van der Waals surface area contributed by atoms with Gasteiger partial charge in [0.05, 0.1) is 19.3 Å². The molecule has 0 aromatic heterocycles. The van der Waals surface area contributed by atoms with Gasteiger partial charge in [-0.3, -0.25) is 9.69 Å². The van der Waals surface area contributed by atoms with Gasteiger partial charge in [-0.05, 0) is 26.3 Å². The highest BCUT2D eigenvalue weighted by Crippen LogP contribution is 2.11. The zero-order valence-electron chi connectivity index (χ0n) is 11.9. The molecule has 19 heavy (non-hydrogen) atoms. The van der Waals surface area contributed by atoms with Crippen molar-refractivity contribution < 1.29 is 14.6 Å². The number of hydrogen-bond acceptors (Lipinski definition) is 4. The van der Waals surface area contributed by atoms with E-state index in [4.69, 9.17) is 4.74 Å². The number of hydrogen-bond donors (Lipinski definition) is 1. The number of carbonyl (C=O) groups is 1. The van der Waals surface area contributed by atoms with Gasteiger partial charge in [0.2, 0.25) is 0 Å². The van der Waals surface area contributed by atoms with Crippen LogP contribution in [0.1, 0.15) is 26.3 Å². The fourth-order valence-electron chi connectivity index (χ4n) is 1.84. The Balaban J connectivity index is 2.72. The van der Waals surface area contributed by atoms with Gasteiger partial charge in [-0.2, -0.15) is 0 Å². The van der Waals surface area contributed by atoms with Gasteiger partial charge in [0.1, 0.15) is 0 Å². The summed E-state index contributed by atoms with van der Waals surface area (Å²) in [4.78, 5) is 13.6. The second-order valence-electron chi connectivity index (χ2n) is 4.68. The molecule has 0 aliphatic carbocycles. The van der Waals surface area contributed by atoms with Gasteiger partial charge < -0.3 is 9.84 Å². The van der Waals surface area contributed by atoms with Crippen LogP contribution in [0, 0.1) is 0 Å². The number of ether oxygens (including phenoxy) is 1. The van der Waals surface area contributed by atoms with Crippen LogP contribution < -0.4 is 0 Å². The standard InChI is InChI=1S/C15H23NO3/c1-4-19-15(18)11-16(12(2)13(3)17)10-14-8-6-5-7-9-14/h5-9,12-13,17H,4,10-11H2,1-3H3. The quantitative estimate of drug-likeness (QED) is 0.764. The first-order valence-electron chi connectivity index (χ1n) is 6.66. The molecule has 4 heteroatoms. The molecule has 1 aromatic carbocycles. The molecule has 106 valence electrons. The van der Waals surface area contributed by atoms with Crippen LogP contribution in [0.5, 0.6) is 0 Å².